The minimum absolute atomic E-state index is 0.0401. The van der Waals surface area contributed by atoms with Gasteiger partial charge in [0.2, 0.25) is 0 Å². The summed E-state index contributed by atoms with van der Waals surface area (Å²) in [4.78, 5) is 15.9. The van der Waals surface area contributed by atoms with E-state index in [1.54, 1.807) is 32.4 Å². The molecule has 1 N–H and O–H groups in total. The number of hydrogen-bond donors (Lipinski definition) is 1. The molecule has 136 valence electrons. The van der Waals surface area contributed by atoms with Gasteiger partial charge in [-0.2, -0.15) is 0 Å². The van der Waals surface area contributed by atoms with Crippen molar-refractivity contribution in [3.8, 4) is 22.8 Å². The number of fused-ring (bicyclic) bond motifs is 1. The monoisotopic (exact) mass is 351 g/mol. The Labute approximate surface area is 153 Å². The highest BCUT2D eigenvalue weighted by Gasteiger charge is 2.10. The summed E-state index contributed by atoms with van der Waals surface area (Å²) in [6, 6.07) is 13.6. The van der Waals surface area contributed by atoms with Gasteiger partial charge in [0, 0.05) is 23.2 Å². The lowest BCUT2D eigenvalue weighted by Crippen LogP contribution is -2.04. The van der Waals surface area contributed by atoms with Crippen LogP contribution in [0.4, 0.5) is 0 Å². The zero-order valence-electron chi connectivity index (χ0n) is 15.6. The van der Waals surface area contributed by atoms with E-state index in [2.05, 4.69) is 36.2 Å². The summed E-state index contributed by atoms with van der Waals surface area (Å²) in [6.45, 7) is 2.21. The van der Waals surface area contributed by atoms with Crippen LogP contribution in [0.15, 0.2) is 47.3 Å². The van der Waals surface area contributed by atoms with Crippen molar-refractivity contribution in [2.45, 2.75) is 32.6 Å². The number of H-pyrrole nitrogens is 1. The van der Waals surface area contributed by atoms with Crippen molar-refractivity contribution in [1.82, 2.24) is 4.98 Å². The Kier molecular flexibility index (Phi) is 5.61. The van der Waals surface area contributed by atoms with Gasteiger partial charge in [0.05, 0.1) is 19.7 Å². The van der Waals surface area contributed by atoms with Crippen LogP contribution in [0, 0.1) is 0 Å². The van der Waals surface area contributed by atoms with Gasteiger partial charge in [-0.3, -0.25) is 4.79 Å². The molecule has 26 heavy (non-hydrogen) atoms. The molecule has 0 aliphatic rings. The first-order valence-corrected chi connectivity index (χ1v) is 9.04. The third-order valence-electron chi connectivity index (χ3n) is 4.67. The Morgan fingerprint density at radius 3 is 2.27 bits per heavy atom. The van der Waals surface area contributed by atoms with Crippen LogP contribution in [0.5, 0.6) is 11.5 Å². The lowest BCUT2D eigenvalue weighted by atomic mass is 10.0. The summed E-state index contributed by atoms with van der Waals surface area (Å²) in [5, 5.41) is 0.586. The summed E-state index contributed by atoms with van der Waals surface area (Å²) < 4.78 is 10.6. The van der Waals surface area contributed by atoms with Gasteiger partial charge in [-0.05, 0) is 30.0 Å². The lowest BCUT2D eigenvalue weighted by Gasteiger charge is -2.10. The topological polar surface area (TPSA) is 51.3 Å². The Hall–Kier alpha value is -2.75. The molecule has 3 rings (SSSR count). The van der Waals surface area contributed by atoms with E-state index >= 15 is 0 Å². The van der Waals surface area contributed by atoms with Crippen molar-refractivity contribution in [3.05, 3.63) is 58.3 Å². The van der Waals surface area contributed by atoms with E-state index in [1.807, 2.05) is 0 Å². The fourth-order valence-electron chi connectivity index (χ4n) is 3.16. The summed E-state index contributed by atoms with van der Waals surface area (Å²) >= 11 is 0. The third-order valence-corrected chi connectivity index (χ3v) is 4.67. The molecule has 2 aromatic carbocycles. The van der Waals surface area contributed by atoms with Crippen molar-refractivity contribution in [2.75, 3.05) is 14.2 Å². The van der Waals surface area contributed by atoms with Crippen molar-refractivity contribution in [1.29, 1.82) is 0 Å². The smallest absolute Gasteiger partial charge is 0.190 e. The molecule has 4 nitrogen and oxygen atoms in total. The molecule has 0 aliphatic carbocycles. The average Bonchev–Trinajstić information content (AvgIpc) is 2.67. The minimum atomic E-state index is -0.0401. The quantitative estimate of drug-likeness (QED) is 0.613. The highest BCUT2D eigenvalue weighted by Crippen LogP contribution is 2.31. The van der Waals surface area contributed by atoms with Crippen LogP contribution in [-0.4, -0.2) is 19.2 Å². The van der Waals surface area contributed by atoms with E-state index in [-0.39, 0.29) is 5.43 Å². The number of hydrogen-bond acceptors (Lipinski definition) is 3. The largest absolute Gasteiger partial charge is 0.493 e. The standard InChI is InChI=1S/C22H25NO3/c1-4-5-6-7-15-8-10-16(11-9-15)18-13-20(24)17-12-21(25-2)22(26-3)14-19(17)23-18/h8-14H,4-7H2,1-3H3,(H,23,24). The van der Waals surface area contributed by atoms with Crippen LogP contribution >= 0.6 is 0 Å². The second-order valence-corrected chi connectivity index (χ2v) is 6.45. The summed E-state index contributed by atoms with van der Waals surface area (Å²) in [5.41, 5.74) is 3.82. The molecule has 1 heterocycles. The number of ether oxygens (including phenoxy) is 2. The predicted octanol–water partition coefficient (Wildman–Crippen LogP) is 4.95. The Balaban J connectivity index is 1.96. The molecule has 0 spiro atoms. The van der Waals surface area contributed by atoms with Gasteiger partial charge in [0.15, 0.2) is 16.9 Å². The fourth-order valence-corrected chi connectivity index (χ4v) is 3.16. The van der Waals surface area contributed by atoms with Gasteiger partial charge in [0.1, 0.15) is 0 Å². The van der Waals surface area contributed by atoms with Gasteiger partial charge in [-0.15, -0.1) is 0 Å². The van der Waals surface area contributed by atoms with Gasteiger partial charge in [-0.25, -0.2) is 0 Å². The van der Waals surface area contributed by atoms with Crippen LogP contribution in [0.2, 0.25) is 0 Å². The van der Waals surface area contributed by atoms with Crippen molar-refractivity contribution < 1.29 is 9.47 Å². The predicted molar refractivity (Wildman–Crippen MR) is 106 cm³/mol. The number of unbranched alkanes of at least 4 members (excludes halogenated alkanes) is 2. The van der Waals surface area contributed by atoms with Gasteiger partial charge in [0.25, 0.3) is 0 Å². The molecule has 0 radical (unpaired) electrons. The zero-order chi connectivity index (χ0) is 18.5. The Bertz CT molecular complexity index is 942. The SMILES string of the molecule is CCCCCc1ccc(-c2cc(=O)c3cc(OC)c(OC)cc3[nH]2)cc1. The molecule has 0 atom stereocenters. The molecule has 0 saturated carbocycles. The minimum Gasteiger partial charge on any atom is -0.493 e. The third kappa shape index (κ3) is 3.74. The highest BCUT2D eigenvalue weighted by molar-refractivity contribution is 5.84. The molecular weight excluding hydrogens is 326 g/mol. The van der Waals surface area contributed by atoms with E-state index in [9.17, 15) is 4.79 Å². The van der Waals surface area contributed by atoms with Gasteiger partial charge in [-0.1, -0.05) is 44.0 Å². The van der Waals surface area contributed by atoms with Crippen LogP contribution in [0.25, 0.3) is 22.2 Å². The number of aromatic nitrogens is 1. The lowest BCUT2D eigenvalue weighted by molar-refractivity contribution is 0.356. The molecule has 4 heteroatoms. The zero-order valence-corrected chi connectivity index (χ0v) is 15.6. The fraction of sp³-hybridized carbons (Fsp3) is 0.318. The second kappa shape index (κ2) is 8.09. The van der Waals surface area contributed by atoms with E-state index in [0.29, 0.717) is 16.9 Å². The molecule has 0 fully saturated rings. The normalized spacial score (nSPS) is 10.9. The molecule has 0 saturated heterocycles. The van der Waals surface area contributed by atoms with Crippen molar-refractivity contribution >= 4 is 10.9 Å². The van der Waals surface area contributed by atoms with Crippen molar-refractivity contribution in [2.24, 2.45) is 0 Å². The van der Waals surface area contributed by atoms with Crippen molar-refractivity contribution in [3.63, 3.8) is 0 Å². The first-order chi connectivity index (χ1) is 12.7. The van der Waals surface area contributed by atoms with Crippen LogP contribution in [0.1, 0.15) is 31.7 Å². The highest BCUT2D eigenvalue weighted by atomic mass is 16.5. The second-order valence-electron chi connectivity index (χ2n) is 6.45. The Morgan fingerprint density at radius 1 is 0.923 bits per heavy atom. The molecular formula is C22H25NO3. The molecule has 0 amide bonds. The maximum Gasteiger partial charge on any atom is 0.190 e. The maximum absolute atomic E-state index is 12.6. The number of pyridine rings is 1. The first-order valence-electron chi connectivity index (χ1n) is 9.04. The van der Waals surface area contributed by atoms with E-state index in [0.717, 1.165) is 23.2 Å². The van der Waals surface area contributed by atoms with E-state index in [4.69, 9.17) is 9.47 Å². The summed E-state index contributed by atoms with van der Waals surface area (Å²) in [7, 11) is 3.15. The number of benzene rings is 2. The molecule has 0 unspecified atom stereocenters. The first kappa shape index (κ1) is 18.1. The summed E-state index contributed by atoms with van der Waals surface area (Å²) in [5.74, 6) is 1.15. The van der Waals surface area contributed by atoms with E-state index < -0.39 is 0 Å². The van der Waals surface area contributed by atoms with Crippen LogP contribution < -0.4 is 14.9 Å². The average molecular weight is 351 g/mol. The Morgan fingerprint density at radius 2 is 1.62 bits per heavy atom. The molecule has 0 bridgehead atoms. The maximum atomic E-state index is 12.6. The van der Waals surface area contributed by atoms with E-state index in [1.165, 1.54) is 24.8 Å². The molecule has 3 aromatic rings. The van der Waals surface area contributed by atoms with Gasteiger partial charge < -0.3 is 14.5 Å². The van der Waals surface area contributed by atoms with Crippen LogP contribution in [-0.2, 0) is 6.42 Å². The molecule has 1 aromatic heterocycles. The number of aryl methyl sites for hydroxylation is 1. The molecule has 0 aliphatic heterocycles. The summed E-state index contributed by atoms with van der Waals surface area (Å²) in [6.07, 6.45) is 4.79. The van der Waals surface area contributed by atoms with Crippen LogP contribution in [0.3, 0.4) is 0 Å². The number of rotatable bonds is 7. The van der Waals surface area contributed by atoms with Gasteiger partial charge >= 0.3 is 0 Å². The number of methoxy groups -OCH3 is 2. The number of nitrogens with one attached hydrogen (secondary N) is 1. The number of aromatic amines is 1.